The van der Waals surface area contributed by atoms with Gasteiger partial charge in [0.15, 0.2) is 8.80 Å². The molecule has 0 saturated carbocycles. The third-order valence-electron chi connectivity index (χ3n) is 4.89. The number of hydrogen-bond acceptors (Lipinski definition) is 2. The molecular weight excluding hydrogens is 332 g/mol. The molecule has 1 aliphatic rings. The highest BCUT2D eigenvalue weighted by Gasteiger charge is 2.44. The quantitative estimate of drug-likeness (QED) is 0.765. The molecule has 0 spiro atoms. The van der Waals surface area contributed by atoms with Crippen LogP contribution in [0.2, 0.25) is 0 Å². The van der Waals surface area contributed by atoms with Crippen molar-refractivity contribution in [3.05, 3.63) is 73.1 Å². The van der Waals surface area contributed by atoms with Crippen LogP contribution in [-0.2, 0) is 0 Å². The van der Waals surface area contributed by atoms with Crippen LogP contribution in [0.25, 0.3) is 0 Å². The fourth-order valence-corrected chi connectivity index (χ4v) is 7.14. The summed E-state index contributed by atoms with van der Waals surface area (Å²) in [5, 5.41) is 2.92. The van der Waals surface area contributed by atoms with Gasteiger partial charge in [-0.1, -0.05) is 71.0 Å². The first-order valence-corrected chi connectivity index (χ1v) is 11.0. The Morgan fingerprint density at radius 2 is 0.962 bits per heavy atom. The summed E-state index contributed by atoms with van der Waals surface area (Å²) in [5.41, 5.74) is 0.140. The van der Waals surface area contributed by atoms with E-state index < -0.39 is 8.80 Å². The van der Waals surface area contributed by atoms with Crippen molar-refractivity contribution in [2.24, 2.45) is 0 Å². The minimum atomic E-state index is -1.05. The summed E-state index contributed by atoms with van der Waals surface area (Å²) in [4.78, 5) is 5.12. The van der Waals surface area contributed by atoms with Gasteiger partial charge < -0.3 is 9.80 Å². The third kappa shape index (κ3) is 3.73. The lowest BCUT2D eigenvalue weighted by Crippen LogP contribution is -2.66. The van der Waals surface area contributed by atoms with Gasteiger partial charge in [-0.15, -0.1) is 0 Å². The molecule has 0 aliphatic carbocycles. The molecule has 1 radical (unpaired) electrons. The van der Waals surface area contributed by atoms with Crippen molar-refractivity contribution >= 4 is 19.2 Å². The Kier molecular flexibility index (Phi) is 5.02. The van der Waals surface area contributed by atoms with E-state index in [1.807, 2.05) is 0 Å². The highest BCUT2D eigenvalue weighted by atomic mass is 28.3. The first-order valence-electron chi connectivity index (χ1n) is 9.42. The fraction of sp³-hybridized carbons (Fsp3) is 0.391. The van der Waals surface area contributed by atoms with Crippen LogP contribution in [0.1, 0.15) is 41.5 Å². The Labute approximate surface area is 160 Å². The van der Waals surface area contributed by atoms with Crippen molar-refractivity contribution in [2.75, 3.05) is 0 Å². The van der Waals surface area contributed by atoms with Crippen LogP contribution in [0.15, 0.2) is 73.1 Å². The van der Waals surface area contributed by atoms with E-state index in [-0.39, 0.29) is 11.1 Å². The zero-order valence-corrected chi connectivity index (χ0v) is 17.9. The lowest BCUT2D eigenvalue weighted by atomic mass is 10.1. The van der Waals surface area contributed by atoms with E-state index in [1.54, 1.807) is 0 Å². The van der Waals surface area contributed by atoms with Crippen LogP contribution >= 0.6 is 0 Å². The second kappa shape index (κ2) is 6.96. The predicted octanol–water partition coefficient (Wildman–Crippen LogP) is 3.85. The maximum atomic E-state index is 2.56. The normalized spacial score (nSPS) is 16.0. The predicted molar refractivity (Wildman–Crippen MR) is 114 cm³/mol. The maximum Gasteiger partial charge on any atom is 0.173 e. The zero-order valence-electron chi connectivity index (χ0n) is 16.9. The maximum absolute atomic E-state index is 2.56. The molecule has 0 saturated heterocycles. The average Bonchev–Trinajstić information content (AvgIpc) is 3.02. The average molecular weight is 364 g/mol. The molecule has 0 atom stereocenters. The van der Waals surface area contributed by atoms with Gasteiger partial charge in [0.25, 0.3) is 0 Å². The molecule has 3 heteroatoms. The summed E-state index contributed by atoms with van der Waals surface area (Å²) in [5.74, 6) is 0.338. The van der Waals surface area contributed by atoms with Crippen LogP contribution < -0.4 is 10.4 Å². The van der Waals surface area contributed by atoms with E-state index in [2.05, 4.69) is 124 Å². The SMILES string of the molecule is CC(C)(C)N1C=CN(C(C)(C)C)C1[Si](c1ccccc1)c1ccccc1. The largest absolute Gasteiger partial charge is 0.354 e. The lowest BCUT2D eigenvalue weighted by molar-refractivity contribution is 0.0793. The molecule has 1 aliphatic heterocycles. The smallest absolute Gasteiger partial charge is 0.173 e. The van der Waals surface area contributed by atoms with E-state index >= 15 is 0 Å². The Balaban J connectivity index is 2.16. The lowest BCUT2D eigenvalue weighted by Gasteiger charge is -2.48. The van der Waals surface area contributed by atoms with Gasteiger partial charge in [0.2, 0.25) is 0 Å². The summed E-state index contributed by atoms with van der Waals surface area (Å²) in [7, 11) is -1.05. The summed E-state index contributed by atoms with van der Waals surface area (Å²) in [6.45, 7) is 13.9. The summed E-state index contributed by atoms with van der Waals surface area (Å²) in [6.07, 6.45) is 4.60. The van der Waals surface area contributed by atoms with Crippen molar-refractivity contribution in [1.29, 1.82) is 0 Å². The second-order valence-electron chi connectivity index (χ2n) is 8.97. The number of benzene rings is 2. The molecule has 0 unspecified atom stereocenters. The van der Waals surface area contributed by atoms with Gasteiger partial charge in [0, 0.05) is 23.5 Å². The molecule has 3 rings (SSSR count). The van der Waals surface area contributed by atoms with Gasteiger partial charge in [0.05, 0.1) is 5.79 Å². The van der Waals surface area contributed by atoms with Gasteiger partial charge in [-0.25, -0.2) is 0 Å². The minimum absolute atomic E-state index is 0.0701. The molecule has 0 amide bonds. The molecule has 2 aromatic rings. The molecular formula is C23H31N2Si. The highest BCUT2D eigenvalue weighted by molar-refractivity contribution is 6.86. The highest BCUT2D eigenvalue weighted by Crippen LogP contribution is 2.32. The third-order valence-corrected chi connectivity index (χ3v) is 7.88. The van der Waals surface area contributed by atoms with Crippen LogP contribution in [-0.4, -0.2) is 35.5 Å². The molecule has 0 bridgehead atoms. The Morgan fingerprint density at radius 3 is 1.27 bits per heavy atom. The van der Waals surface area contributed by atoms with Gasteiger partial charge in [-0.3, -0.25) is 0 Å². The zero-order chi connectivity index (χ0) is 18.9. The van der Waals surface area contributed by atoms with Crippen molar-refractivity contribution in [3.63, 3.8) is 0 Å². The van der Waals surface area contributed by atoms with Crippen molar-refractivity contribution in [3.8, 4) is 0 Å². The molecule has 1 heterocycles. The number of nitrogens with zero attached hydrogens (tertiary/aromatic N) is 2. The second-order valence-corrected chi connectivity index (χ2v) is 11.5. The Bertz CT molecular complexity index is 678. The van der Waals surface area contributed by atoms with E-state index in [9.17, 15) is 0 Å². The molecule has 2 nitrogen and oxygen atoms in total. The van der Waals surface area contributed by atoms with Crippen molar-refractivity contribution in [1.82, 2.24) is 9.80 Å². The molecule has 0 aromatic heterocycles. The van der Waals surface area contributed by atoms with Gasteiger partial charge in [-0.05, 0) is 41.5 Å². The standard InChI is InChI=1S/C23H31N2Si/c1-22(2,3)24-17-18-25(23(4,5)6)21(24)26(19-13-9-7-10-14-19)20-15-11-8-12-16-20/h7-18,21H,1-6H3. The minimum Gasteiger partial charge on any atom is -0.354 e. The van der Waals surface area contributed by atoms with Gasteiger partial charge in [0.1, 0.15) is 0 Å². The summed E-state index contributed by atoms with van der Waals surface area (Å²) < 4.78 is 0. The Morgan fingerprint density at radius 1 is 0.615 bits per heavy atom. The summed E-state index contributed by atoms with van der Waals surface area (Å²) in [6, 6.07) is 22.2. The van der Waals surface area contributed by atoms with E-state index in [0.717, 1.165) is 0 Å². The summed E-state index contributed by atoms with van der Waals surface area (Å²) >= 11 is 0. The molecule has 2 aromatic carbocycles. The number of rotatable bonds is 3. The van der Waals surface area contributed by atoms with Crippen LogP contribution in [0.3, 0.4) is 0 Å². The Hall–Kier alpha value is -2.00. The number of hydrogen-bond donors (Lipinski definition) is 0. The van der Waals surface area contributed by atoms with Gasteiger partial charge in [-0.2, -0.15) is 0 Å². The topological polar surface area (TPSA) is 6.48 Å². The monoisotopic (exact) mass is 363 g/mol. The van der Waals surface area contributed by atoms with Crippen LogP contribution in [0, 0.1) is 0 Å². The van der Waals surface area contributed by atoms with E-state index in [4.69, 9.17) is 0 Å². The van der Waals surface area contributed by atoms with E-state index in [0.29, 0.717) is 5.79 Å². The molecule has 137 valence electrons. The first kappa shape index (κ1) is 18.8. The van der Waals surface area contributed by atoms with E-state index in [1.165, 1.54) is 10.4 Å². The first-order chi connectivity index (χ1) is 12.2. The van der Waals surface area contributed by atoms with Crippen LogP contribution in [0.5, 0.6) is 0 Å². The fourth-order valence-electron chi connectivity index (χ4n) is 3.60. The van der Waals surface area contributed by atoms with Gasteiger partial charge >= 0.3 is 0 Å². The van der Waals surface area contributed by atoms with Crippen molar-refractivity contribution in [2.45, 2.75) is 58.4 Å². The molecule has 0 fully saturated rings. The molecule has 26 heavy (non-hydrogen) atoms. The molecule has 0 N–H and O–H groups in total. The van der Waals surface area contributed by atoms with Crippen LogP contribution in [0.4, 0.5) is 0 Å². The van der Waals surface area contributed by atoms with Crippen molar-refractivity contribution < 1.29 is 0 Å².